The van der Waals surface area contributed by atoms with Crippen LogP contribution in [-0.4, -0.2) is 24.2 Å². The highest BCUT2D eigenvalue weighted by atomic mass is 35.5. The number of hydrogen-bond acceptors (Lipinski definition) is 3. The summed E-state index contributed by atoms with van der Waals surface area (Å²) in [7, 11) is 0. The number of amides is 1. The molecular weight excluding hydrogens is 316 g/mol. The third-order valence-electron chi connectivity index (χ3n) is 3.73. The summed E-state index contributed by atoms with van der Waals surface area (Å²) in [6.45, 7) is 6.49. The summed E-state index contributed by atoms with van der Waals surface area (Å²) in [5.41, 5.74) is 2.20. The number of rotatable bonds is 6. The Bertz CT molecular complexity index is 462. The second-order valence-electron chi connectivity index (χ2n) is 6.01. The standard InChI is InChI=1S/C17H26N2OS.ClH/c1-13(2)21-12-15-4-3-5-16(10-15)19-17(20)11-14-6-8-18-9-7-14;/h3-5,10,13-14,18H,6-9,11-12H2,1-2H3,(H,19,20);1H. The summed E-state index contributed by atoms with van der Waals surface area (Å²) in [5.74, 6) is 1.68. The zero-order chi connectivity index (χ0) is 15.1. The van der Waals surface area contributed by atoms with Crippen molar-refractivity contribution in [1.82, 2.24) is 5.32 Å². The molecule has 0 atom stereocenters. The molecule has 0 aliphatic carbocycles. The maximum absolute atomic E-state index is 12.1. The van der Waals surface area contributed by atoms with E-state index in [0.29, 0.717) is 17.6 Å². The number of hydrogen-bond donors (Lipinski definition) is 2. The van der Waals surface area contributed by atoms with Crippen molar-refractivity contribution in [2.75, 3.05) is 18.4 Å². The second kappa shape index (κ2) is 10.1. The third-order valence-corrected chi connectivity index (χ3v) is 4.89. The second-order valence-corrected chi connectivity index (χ2v) is 7.57. The molecule has 1 saturated heterocycles. The number of piperidine rings is 1. The minimum atomic E-state index is 0. The van der Waals surface area contributed by atoms with E-state index in [9.17, 15) is 4.79 Å². The Hall–Kier alpha value is -0.710. The number of anilines is 1. The molecule has 1 aromatic rings. The van der Waals surface area contributed by atoms with E-state index in [4.69, 9.17) is 0 Å². The molecule has 0 saturated carbocycles. The normalized spacial score (nSPS) is 15.4. The molecule has 0 bridgehead atoms. The van der Waals surface area contributed by atoms with E-state index in [1.54, 1.807) is 0 Å². The third kappa shape index (κ3) is 7.03. The van der Waals surface area contributed by atoms with Crippen LogP contribution in [-0.2, 0) is 10.5 Å². The van der Waals surface area contributed by atoms with Crippen molar-refractivity contribution in [3.8, 4) is 0 Å². The Morgan fingerprint density at radius 3 is 2.77 bits per heavy atom. The van der Waals surface area contributed by atoms with Gasteiger partial charge in [0.2, 0.25) is 5.91 Å². The molecule has 0 radical (unpaired) electrons. The molecular formula is C17H27ClN2OS. The number of benzene rings is 1. The van der Waals surface area contributed by atoms with Crippen LogP contribution in [0.15, 0.2) is 24.3 Å². The van der Waals surface area contributed by atoms with Crippen molar-refractivity contribution < 1.29 is 4.79 Å². The van der Waals surface area contributed by atoms with Crippen LogP contribution in [0.4, 0.5) is 5.69 Å². The molecule has 22 heavy (non-hydrogen) atoms. The fourth-order valence-corrected chi connectivity index (χ4v) is 3.27. The van der Waals surface area contributed by atoms with E-state index >= 15 is 0 Å². The minimum Gasteiger partial charge on any atom is -0.326 e. The molecule has 124 valence electrons. The van der Waals surface area contributed by atoms with Gasteiger partial charge in [-0.05, 0) is 54.8 Å². The summed E-state index contributed by atoms with van der Waals surface area (Å²) in [6.07, 6.45) is 2.86. The molecule has 1 aromatic carbocycles. The van der Waals surface area contributed by atoms with Gasteiger partial charge in [-0.1, -0.05) is 26.0 Å². The quantitative estimate of drug-likeness (QED) is 0.818. The number of carbonyl (C=O) groups excluding carboxylic acids is 1. The highest BCUT2D eigenvalue weighted by Gasteiger charge is 2.16. The highest BCUT2D eigenvalue weighted by molar-refractivity contribution is 7.99. The van der Waals surface area contributed by atoms with E-state index < -0.39 is 0 Å². The van der Waals surface area contributed by atoms with Crippen LogP contribution in [0, 0.1) is 5.92 Å². The monoisotopic (exact) mass is 342 g/mol. The lowest BCUT2D eigenvalue weighted by molar-refractivity contribution is -0.117. The van der Waals surface area contributed by atoms with Gasteiger partial charge in [0, 0.05) is 17.9 Å². The van der Waals surface area contributed by atoms with Gasteiger partial charge in [0.05, 0.1) is 0 Å². The van der Waals surface area contributed by atoms with Gasteiger partial charge in [-0.25, -0.2) is 0 Å². The summed E-state index contributed by atoms with van der Waals surface area (Å²) in [5, 5.41) is 7.01. The van der Waals surface area contributed by atoms with Crippen molar-refractivity contribution in [2.45, 2.75) is 44.1 Å². The molecule has 0 spiro atoms. The van der Waals surface area contributed by atoms with E-state index in [1.807, 2.05) is 23.9 Å². The predicted molar refractivity (Wildman–Crippen MR) is 99.0 cm³/mol. The number of thioether (sulfide) groups is 1. The van der Waals surface area contributed by atoms with Crippen LogP contribution >= 0.6 is 24.2 Å². The van der Waals surface area contributed by atoms with Crippen LogP contribution in [0.2, 0.25) is 0 Å². The van der Waals surface area contributed by atoms with Crippen molar-refractivity contribution in [2.24, 2.45) is 5.92 Å². The van der Waals surface area contributed by atoms with E-state index in [1.165, 1.54) is 5.56 Å². The zero-order valence-corrected chi connectivity index (χ0v) is 15.1. The average Bonchev–Trinajstić information content (AvgIpc) is 2.46. The maximum atomic E-state index is 12.1. The molecule has 1 aliphatic heterocycles. The Morgan fingerprint density at radius 1 is 1.36 bits per heavy atom. The van der Waals surface area contributed by atoms with Gasteiger partial charge < -0.3 is 10.6 Å². The Labute approximate surface area is 144 Å². The lowest BCUT2D eigenvalue weighted by Crippen LogP contribution is -2.30. The molecule has 2 N–H and O–H groups in total. The molecule has 0 aromatic heterocycles. The van der Waals surface area contributed by atoms with Crippen LogP contribution in [0.1, 0.15) is 38.7 Å². The van der Waals surface area contributed by atoms with Crippen LogP contribution in [0.3, 0.4) is 0 Å². The van der Waals surface area contributed by atoms with Crippen LogP contribution < -0.4 is 10.6 Å². The molecule has 3 nitrogen and oxygen atoms in total. The first-order chi connectivity index (χ1) is 10.1. The fourth-order valence-electron chi connectivity index (χ4n) is 2.56. The summed E-state index contributed by atoms with van der Waals surface area (Å²) in [6, 6.07) is 8.22. The summed E-state index contributed by atoms with van der Waals surface area (Å²) >= 11 is 1.92. The largest absolute Gasteiger partial charge is 0.326 e. The zero-order valence-electron chi connectivity index (χ0n) is 13.4. The number of nitrogens with one attached hydrogen (secondary N) is 2. The first-order valence-corrected chi connectivity index (χ1v) is 8.89. The van der Waals surface area contributed by atoms with Gasteiger partial charge in [-0.2, -0.15) is 11.8 Å². The first-order valence-electron chi connectivity index (χ1n) is 7.84. The Balaban J connectivity index is 0.00000242. The molecule has 1 amide bonds. The minimum absolute atomic E-state index is 0. The van der Waals surface area contributed by atoms with Crippen LogP contribution in [0.25, 0.3) is 0 Å². The highest BCUT2D eigenvalue weighted by Crippen LogP contribution is 2.21. The molecule has 2 rings (SSSR count). The summed E-state index contributed by atoms with van der Waals surface area (Å²) in [4.78, 5) is 12.1. The van der Waals surface area contributed by atoms with Crippen molar-refractivity contribution >= 4 is 35.8 Å². The van der Waals surface area contributed by atoms with Crippen molar-refractivity contribution in [3.63, 3.8) is 0 Å². The van der Waals surface area contributed by atoms with Gasteiger partial charge >= 0.3 is 0 Å². The van der Waals surface area contributed by atoms with Crippen molar-refractivity contribution in [1.29, 1.82) is 0 Å². The van der Waals surface area contributed by atoms with Gasteiger partial charge in [0.1, 0.15) is 0 Å². The average molecular weight is 343 g/mol. The first kappa shape index (κ1) is 19.3. The lowest BCUT2D eigenvalue weighted by atomic mass is 9.94. The molecule has 1 aliphatic rings. The fraction of sp³-hybridized carbons (Fsp3) is 0.588. The Morgan fingerprint density at radius 2 is 2.09 bits per heavy atom. The lowest BCUT2D eigenvalue weighted by Gasteiger charge is -2.22. The van der Waals surface area contributed by atoms with Gasteiger partial charge in [0.15, 0.2) is 0 Å². The molecule has 1 heterocycles. The Kier molecular flexibility index (Phi) is 8.91. The molecule has 1 fully saturated rings. The van der Waals surface area contributed by atoms with Crippen LogP contribution in [0.5, 0.6) is 0 Å². The molecule has 0 unspecified atom stereocenters. The summed E-state index contributed by atoms with van der Waals surface area (Å²) < 4.78 is 0. The number of halogens is 1. The SMILES string of the molecule is CC(C)SCc1cccc(NC(=O)CC2CCNCC2)c1.Cl. The topological polar surface area (TPSA) is 41.1 Å². The number of carbonyl (C=O) groups is 1. The predicted octanol–water partition coefficient (Wildman–Crippen LogP) is 4.08. The van der Waals surface area contributed by atoms with E-state index in [0.717, 1.165) is 37.4 Å². The van der Waals surface area contributed by atoms with Gasteiger partial charge in [-0.3, -0.25) is 4.79 Å². The smallest absolute Gasteiger partial charge is 0.224 e. The van der Waals surface area contributed by atoms with E-state index in [-0.39, 0.29) is 18.3 Å². The van der Waals surface area contributed by atoms with Crippen molar-refractivity contribution in [3.05, 3.63) is 29.8 Å². The van der Waals surface area contributed by atoms with Gasteiger partial charge in [0.25, 0.3) is 0 Å². The molecule has 5 heteroatoms. The van der Waals surface area contributed by atoms with E-state index in [2.05, 4.69) is 36.6 Å². The maximum Gasteiger partial charge on any atom is 0.224 e. The van der Waals surface area contributed by atoms with Gasteiger partial charge in [-0.15, -0.1) is 12.4 Å².